The minimum Gasteiger partial charge on any atom is -0.364 e. The molecule has 2 heterocycles. The third kappa shape index (κ3) is 2.27. The SMILES string of the molecule is CCNC1CC2CCC(C1)N2c1ccc(F)cc1C#N. The van der Waals surface area contributed by atoms with Gasteiger partial charge in [-0.15, -0.1) is 0 Å². The first-order valence-corrected chi connectivity index (χ1v) is 7.44. The Morgan fingerprint density at radius 2 is 2.05 bits per heavy atom. The highest BCUT2D eigenvalue weighted by Gasteiger charge is 2.41. The average Bonchev–Trinajstić information content (AvgIpc) is 2.70. The summed E-state index contributed by atoms with van der Waals surface area (Å²) in [5.74, 6) is -0.333. The van der Waals surface area contributed by atoms with Gasteiger partial charge in [0.05, 0.1) is 11.3 Å². The molecular formula is C16H20FN3. The first kappa shape index (κ1) is 13.4. The highest BCUT2D eigenvalue weighted by atomic mass is 19.1. The lowest BCUT2D eigenvalue weighted by Crippen LogP contribution is -2.49. The van der Waals surface area contributed by atoms with Crippen molar-refractivity contribution in [1.82, 2.24) is 5.32 Å². The van der Waals surface area contributed by atoms with Gasteiger partial charge in [0.25, 0.3) is 0 Å². The molecule has 106 valence electrons. The molecule has 2 atom stereocenters. The van der Waals surface area contributed by atoms with Crippen LogP contribution in [0.4, 0.5) is 10.1 Å². The van der Waals surface area contributed by atoms with Crippen LogP contribution < -0.4 is 10.2 Å². The standard InChI is InChI=1S/C16H20FN3/c1-2-19-13-8-14-4-5-15(9-13)20(14)16-6-3-12(17)7-11(16)10-18/h3,6-7,13-15,19H,2,4-5,8-9H2,1H3. The fraction of sp³-hybridized carbons (Fsp3) is 0.562. The van der Waals surface area contributed by atoms with Gasteiger partial charge in [-0.25, -0.2) is 4.39 Å². The van der Waals surface area contributed by atoms with Crippen LogP contribution in [0.3, 0.4) is 0 Å². The molecule has 2 aliphatic heterocycles. The number of nitrogens with one attached hydrogen (secondary N) is 1. The molecule has 2 saturated heterocycles. The highest BCUT2D eigenvalue weighted by Crippen LogP contribution is 2.40. The van der Waals surface area contributed by atoms with Crippen LogP contribution in [0.15, 0.2) is 18.2 Å². The summed E-state index contributed by atoms with van der Waals surface area (Å²) in [5, 5.41) is 12.8. The molecular weight excluding hydrogens is 253 g/mol. The van der Waals surface area contributed by atoms with E-state index in [1.54, 1.807) is 6.07 Å². The molecule has 0 aromatic heterocycles. The maximum absolute atomic E-state index is 13.3. The maximum atomic E-state index is 13.3. The number of anilines is 1. The topological polar surface area (TPSA) is 39.1 Å². The normalized spacial score (nSPS) is 28.4. The predicted octanol–water partition coefficient (Wildman–Crippen LogP) is 2.81. The minimum atomic E-state index is -0.333. The lowest BCUT2D eigenvalue weighted by Gasteiger charge is -2.41. The third-order valence-electron chi connectivity index (χ3n) is 4.58. The quantitative estimate of drug-likeness (QED) is 0.920. The van der Waals surface area contributed by atoms with Gasteiger partial charge in [0, 0.05) is 18.1 Å². The molecule has 4 heteroatoms. The summed E-state index contributed by atoms with van der Waals surface area (Å²) in [6.07, 6.45) is 4.59. The first-order valence-electron chi connectivity index (χ1n) is 7.44. The van der Waals surface area contributed by atoms with E-state index in [1.807, 2.05) is 0 Å². The molecule has 1 aromatic carbocycles. The van der Waals surface area contributed by atoms with Crippen LogP contribution in [0.5, 0.6) is 0 Å². The predicted molar refractivity (Wildman–Crippen MR) is 77.1 cm³/mol. The van der Waals surface area contributed by atoms with Crippen LogP contribution in [0.2, 0.25) is 0 Å². The van der Waals surface area contributed by atoms with E-state index in [9.17, 15) is 9.65 Å². The molecule has 3 rings (SSSR count). The number of piperidine rings is 1. The van der Waals surface area contributed by atoms with Crippen LogP contribution in [-0.4, -0.2) is 24.7 Å². The molecule has 1 aromatic rings. The molecule has 0 aliphatic carbocycles. The molecule has 0 spiro atoms. The molecule has 0 saturated carbocycles. The second-order valence-corrected chi connectivity index (χ2v) is 5.79. The number of hydrogen-bond acceptors (Lipinski definition) is 3. The molecule has 0 radical (unpaired) electrons. The Balaban J connectivity index is 1.88. The maximum Gasteiger partial charge on any atom is 0.124 e. The summed E-state index contributed by atoms with van der Waals surface area (Å²) >= 11 is 0. The number of nitriles is 1. The van der Waals surface area contributed by atoms with Gasteiger partial charge in [0.2, 0.25) is 0 Å². The monoisotopic (exact) mass is 273 g/mol. The lowest BCUT2D eigenvalue weighted by molar-refractivity contribution is 0.361. The van der Waals surface area contributed by atoms with Gasteiger partial charge >= 0.3 is 0 Å². The number of rotatable bonds is 3. The van der Waals surface area contributed by atoms with Gasteiger partial charge < -0.3 is 10.2 Å². The zero-order chi connectivity index (χ0) is 14.1. The van der Waals surface area contributed by atoms with Crippen LogP contribution in [0.1, 0.15) is 38.2 Å². The Morgan fingerprint density at radius 3 is 2.65 bits per heavy atom. The number of benzene rings is 1. The van der Waals surface area contributed by atoms with Gasteiger partial charge in [-0.3, -0.25) is 0 Å². The molecule has 20 heavy (non-hydrogen) atoms. The lowest BCUT2D eigenvalue weighted by atomic mass is 9.95. The average molecular weight is 273 g/mol. The van der Waals surface area contributed by atoms with Gasteiger partial charge in [-0.05, 0) is 50.4 Å². The van der Waals surface area contributed by atoms with Crippen LogP contribution in [0, 0.1) is 17.1 Å². The largest absolute Gasteiger partial charge is 0.364 e. The Labute approximate surface area is 119 Å². The van der Waals surface area contributed by atoms with Gasteiger partial charge in [-0.1, -0.05) is 6.92 Å². The third-order valence-corrected chi connectivity index (χ3v) is 4.58. The van der Waals surface area contributed by atoms with Crippen LogP contribution >= 0.6 is 0 Å². The van der Waals surface area contributed by atoms with E-state index in [-0.39, 0.29) is 5.82 Å². The van der Waals surface area contributed by atoms with Crippen LogP contribution in [0.25, 0.3) is 0 Å². The summed E-state index contributed by atoms with van der Waals surface area (Å²) < 4.78 is 13.3. The van der Waals surface area contributed by atoms with Crippen molar-refractivity contribution < 1.29 is 4.39 Å². The number of halogens is 1. The zero-order valence-electron chi connectivity index (χ0n) is 11.8. The summed E-state index contributed by atoms with van der Waals surface area (Å²) in [5.41, 5.74) is 1.38. The smallest absolute Gasteiger partial charge is 0.124 e. The van der Waals surface area contributed by atoms with Crippen LogP contribution in [-0.2, 0) is 0 Å². The Morgan fingerprint density at radius 1 is 1.35 bits per heavy atom. The second-order valence-electron chi connectivity index (χ2n) is 5.79. The molecule has 2 bridgehead atoms. The van der Waals surface area contributed by atoms with E-state index < -0.39 is 0 Å². The summed E-state index contributed by atoms with van der Waals surface area (Å²) in [4.78, 5) is 2.37. The molecule has 1 N–H and O–H groups in total. The zero-order valence-corrected chi connectivity index (χ0v) is 11.8. The fourth-order valence-corrected chi connectivity index (χ4v) is 3.85. The molecule has 3 nitrogen and oxygen atoms in total. The number of nitrogens with zero attached hydrogens (tertiary/aromatic N) is 2. The van der Waals surface area contributed by atoms with Crippen molar-refractivity contribution in [3.8, 4) is 6.07 Å². The number of hydrogen-bond donors (Lipinski definition) is 1. The van der Waals surface area contributed by atoms with Crippen molar-refractivity contribution in [2.24, 2.45) is 0 Å². The van der Waals surface area contributed by atoms with E-state index in [2.05, 4.69) is 23.2 Å². The van der Waals surface area contributed by atoms with E-state index in [1.165, 1.54) is 25.0 Å². The molecule has 2 fully saturated rings. The van der Waals surface area contributed by atoms with Crippen molar-refractivity contribution in [3.63, 3.8) is 0 Å². The fourth-order valence-electron chi connectivity index (χ4n) is 3.85. The summed E-state index contributed by atoms with van der Waals surface area (Å²) in [6, 6.07) is 8.28. The van der Waals surface area contributed by atoms with Crippen molar-refractivity contribution in [2.75, 3.05) is 11.4 Å². The van der Waals surface area contributed by atoms with Crippen molar-refractivity contribution >= 4 is 5.69 Å². The molecule has 0 amide bonds. The van der Waals surface area contributed by atoms with E-state index in [0.717, 1.165) is 25.1 Å². The van der Waals surface area contributed by atoms with Gasteiger partial charge in [0.15, 0.2) is 0 Å². The van der Waals surface area contributed by atoms with Gasteiger partial charge in [0.1, 0.15) is 11.9 Å². The Bertz CT molecular complexity index is 523. The van der Waals surface area contributed by atoms with E-state index >= 15 is 0 Å². The van der Waals surface area contributed by atoms with Crippen molar-refractivity contribution in [1.29, 1.82) is 5.26 Å². The summed E-state index contributed by atoms with van der Waals surface area (Å²) in [6.45, 7) is 3.14. The number of fused-ring (bicyclic) bond motifs is 2. The van der Waals surface area contributed by atoms with E-state index in [0.29, 0.717) is 23.7 Å². The minimum absolute atomic E-state index is 0.333. The molecule has 2 aliphatic rings. The molecule has 2 unspecified atom stereocenters. The van der Waals surface area contributed by atoms with Crippen molar-refractivity contribution in [3.05, 3.63) is 29.6 Å². The summed E-state index contributed by atoms with van der Waals surface area (Å²) in [7, 11) is 0. The first-order chi connectivity index (χ1) is 9.72. The van der Waals surface area contributed by atoms with Gasteiger partial charge in [-0.2, -0.15) is 5.26 Å². The van der Waals surface area contributed by atoms with E-state index in [4.69, 9.17) is 0 Å². The second kappa shape index (κ2) is 5.41. The highest BCUT2D eigenvalue weighted by molar-refractivity contribution is 5.61. The Kier molecular flexibility index (Phi) is 3.62. The van der Waals surface area contributed by atoms with Crippen molar-refractivity contribution in [2.45, 2.75) is 50.7 Å². The Hall–Kier alpha value is -1.60.